The van der Waals surface area contributed by atoms with Crippen LogP contribution in [0.2, 0.25) is 0 Å². The van der Waals surface area contributed by atoms with Gasteiger partial charge in [-0.2, -0.15) is 5.10 Å². The van der Waals surface area contributed by atoms with Gasteiger partial charge < -0.3 is 15.2 Å². The predicted octanol–water partition coefficient (Wildman–Crippen LogP) is 3.23. The molecule has 3 aliphatic heterocycles. The van der Waals surface area contributed by atoms with Crippen LogP contribution in [0.15, 0.2) is 52.2 Å². The van der Waals surface area contributed by atoms with E-state index < -0.39 is 0 Å². The summed E-state index contributed by atoms with van der Waals surface area (Å²) in [5, 5.41) is 11.6. The number of H-pyrrole nitrogens is 2. The average Bonchev–Trinajstić information content (AvgIpc) is 3.56. The minimum atomic E-state index is 0.550. The number of hydrogen-bond acceptors (Lipinski definition) is 6. The van der Waals surface area contributed by atoms with E-state index in [1.807, 2.05) is 24.8 Å². The van der Waals surface area contributed by atoms with E-state index in [1.165, 1.54) is 0 Å². The molecule has 0 bridgehead atoms. The second-order valence-electron chi connectivity index (χ2n) is 8.75. The molecule has 1 fully saturated rings. The Labute approximate surface area is 180 Å². The van der Waals surface area contributed by atoms with Crippen molar-refractivity contribution in [3.8, 4) is 11.1 Å². The molecule has 0 spiro atoms. The Morgan fingerprint density at radius 3 is 2.84 bits per heavy atom. The summed E-state index contributed by atoms with van der Waals surface area (Å²) in [6, 6.07) is 3.20. The van der Waals surface area contributed by atoms with Gasteiger partial charge in [0.05, 0.1) is 28.8 Å². The van der Waals surface area contributed by atoms with E-state index in [4.69, 9.17) is 15.0 Å². The average molecular weight is 415 g/mol. The topological polar surface area (TPSA) is 97.3 Å². The first-order valence-corrected chi connectivity index (χ1v) is 11.0. The van der Waals surface area contributed by atoms with Gasteiger partial charge >= 0.3 is 0 Å². The molecule has 1 saturated heterocycles. The molecule has 0 aromatic carbocycles. The highest BCUT2D eigenvalue weighted by Crippen LogP contribution is 2.35. The van der Waals surface area contributed by atoms with Gasteiger partial charge in [-0.1, -0.05) is 0 Å². The van der Waals surface area contributed by atoms with E-state index in [0.29, 0.717) is 12.1 Å². The van der Waals surface area contributed by atoms with E-state index >= 15 is 0 Å². The summed E-state index contributed by atoms with van der Waals surface area (Å²) < 4.78 is 0. The highest BCUT2D eigenvalue weighted by atomic mass is 15.2. The minimum Gasteiger partial charge on any atom is -0.360 e. The Morgan fingerprint density at radius 1 is 1.13 bits per heavy atom. The second kappa shape index (κ2) is 7.16. The molecule has 0 radical (unpaired) electrons. The number of pyridine rings is 1. The van der Waals surface area contributed by atoms with Gasteiger partial charge in [0.25, 0.3) is 0 Å². The van der Waals surface area contributed by atoms with Crippen molar-refractivity contribution in [1.82, 2.24) is 30.4 Å². The molecule has 158 valence electrons. The largest absolute Gasteiger partial charge is 0.360 e. The monoisotopic (exact) mass is 414 g/mol. The predicted molar refractivity (Wildman–Crippen MR) is 122 cm³/mol. The lowest BCUT2D eigenvalue weighted by Crippen LogP contribution is -2.47. The molecule has 0 amide bonds. The van der Waals surface area contributed by atoms with Gasteiger partial charge in [0.2, 0.25) is 0 Å². The molecule has 3 aromatic heterocycles. The zero-order valence-electron chi connectivity index (χ0n) is 17.8. The fraction of sp³-hybridized carbons (Fsp3) is 0.391. The van der Waals surface area contributed by atoms with Crippen molar-refractivity contribution >= 4 is 22.5 Å². The summed E-state index contributed by atoms with van der Waals surface area (Å²) in [6.07, 6.45) is 11.5. The van der Waals surface area contributed by atoms with Crippen LogP contribution in [0.4, 0.5) is 0 Å². The van der Waals surface area contributed by atoms with Gasteiger partial charge in [0, 0.05) is 67.1 Å². The van der Waals surface area contributed by atoms with Crippen LogP contribution >= 0.6 is 0 Å². The standard InChI is InChI=1S/C23H26N8/c1-13-7-15(3-5-24-13)31(2)21-9-19-18(30-21)8-20(29-19)23-22-16(4-6-25-22)17(12-26-23)14-10-27-28-11-14/h4,6,10-13,15,24-25H,3,5,7-9H2,1-2H3,(H,27,28)/t13-,15?/m0/s1. The number of aliphatic imine (C=N–C) groups is 2. The summed E-state index contributed by atoms with van der Waals surface area (Å²) in [5.74, 6) is 1.15. The number of fused-ring (bicyclic) bond motifs is 1. The maximum atomic E-state index is 4.99. The zero-order valence-corrected chi connectivity index (χ0v) is 17.8. The number of aromatic nitrogens is 4. The van der Waals surface area contributed by atoms with Crippen LogP contribution < -0.4 is 5.32 Å². The van der Waals surface area contributed by atoms with E-state index in [2.05, 4.69) is 45.4 Å². The molecular weight excluding hydrogens is 388 g/mol. The summed E-state index contributed by atoms with van der Waals surface area (Å²) in [5.41, 5.74) is 7.21. The molecular formula is C23H26N8. The van der Waals surface area contributed by atoms with Crippen molar-refractivity contribution < 1.29 is 0 Å². The number of hydrogen-bond donors (Lipinski definition) is 3. The Balaban J connectivity index is 1.23. The summed E-state index contributed by atoms with van der Waals surface area (Å²) in [7, 11) is 2.19. The van der Waals surface area contributed by atoms with E-state index in [1.54, 1.807) is 0 Å². The number of nitrogens with zero attached hydrogens (tertiary/aromatic N) is 5. The molecule has 1 unspecified atom stereocenters. The molecule has 8 nitrogen and oxygen atoms in total. The second-order valence-corrected chi connectivity index (χ2v) is 8.75. The lowest BCUT2D eigenvalue weighted by atomic mass is 9.99. The molecule has 8 heteroatoms. The van der Waals surface area contributed by atoms with Crippen molar-refractivity contribution in [3.63, 3.8) is 0 Å². The van der Waals surface area contributed by atoms with Crippen LogP contribution in [-0.2, 0) is 0 Å². The van der Waals surface area contributed by atoms with Gasteiger partial charge in [-0.15, -0.1) is 0 Å². The number of amidine groups is 1. The highest BCUT2D eigenvalue weighted by Gasteiger charge is 2.31. The molecule has 3 aliphatic rings. The quantitative estimate of drug-likeness (QED) is 0.613. The normalized spacial score (nSPS) is 23.3. The summed E-state index contributed by atoms with van der Waals surface area (Å²) in [4.78, 5) is 20.5. The summed E-state index contributed by atoms with van der Waals surface area (Å²) in [6.45, 7) is 3.34. The van der Waals surface area contributed by atoms with Gasteiger partial charge in [-0.3, -0.25) is 15.1 Å². The number of aromatic amines is 2. The van der Waals surface area contributed by atoms with Crippen LogP contribution in [0, 0.1) is 0 Å². The molecule has 0 aliphatic carbocycles. The van der Waals surface area contributed by atoms with Crippen molar-refractivity contribution in [3.05, 3.63) is 47.9 Å². The maximum absolute atomic E-state index is 4.99. The van der Waals surface area contributed by atoms with Crippen molar-refractivity contribution in [1.29, 1.82) is 0 Å². The first-order chi connectivity index (χ1) is 15.2. The molecule has 6 heterocycles. The summed E-state index contributed by atoms with van der Waals surface area (Å²) >= 11 is 0. The van der Waals surface area contributed by atoms with Crippen LogP contribution in [0.3, 0.4) is 0 Å². The lowest BCUT2D eigenvalue weighted by Gasteiger charge is -2.36. The van der Waals surface area contributed by atoms with E-state index in [0.717, 1.165) is 82.9 Å². The molecule has 0 saturated carbocycles. The van der Waals surface area contributed by atoms with Crippen LogP contribution in [0.25, 0.3) is 22.0 Å². The number of rotatable bonds is 3. The van der Waals surface area contributed by atoms with Crippen LogP contribution in [0.5, 0.6) is 0 Å². The molecule has 6 rings (SSSR count). The van der Waals surface area contributed by atoms with E-state index in [-0.39, 0.29) is 0 Å². The Bertz CT molecular complexity index is 1230. The van der Waals surface area contributed by atoms with Crippen molar-refractivity contribution in [2.45, 2.75) is 44.7 Å². The van der Waals surface area contributed by atoms with Crippen molar-refractivity contribution in [2.75, 3.05) is 13.6 Å². The Hall–Kier alpha value is -3.26. The van der Waals surface area contributed by atoms with Gasteiger partial charge in [-0.25, -0.2) is 4.99 Å². The fourth-order valence-electron chi connectivity index (χ4n) is 5.03. The van der Waals surface area contributed by atoms with Crippen molar-refractivity contribution in [2.24, 2.45) is 9.98 Å². The molecule has 3 N–H and O–H groups in total. The third kappa shape index (κ3) is 3.09. The third-order valence-electron chi connectivity index (χ3n) is 6.76. The van der Waals surface area contributed by atoms with Gasteiger partial charge in [0.1, 0.15) is 11.5 Å². The lowest BCUT2D eigenvalue weighted by molar-refractivity contribution is 0.253. The van der Waals surface area contributed by atoms with Gasteiger partial charge in [-0.05, 0) is 32.4 Å². The number of allylic oxidation sites excluding steroid dienone is 1. The Kier molecular flexibility index (Phi) is 4.27. The first kappa shape index (κ1) is 18.5. The maximum Gasteiger partial charge on any atom is 0.111 e. The third-order valence-corrected chi connectivity index (χ3v) is 6.76. The molecule has 2 atom stereocenters. The Morgan fingerprint density at radius 2 is 2.03 bits per heavy atom. The highest BCUT2D eigenvalue weighted by molar-refractivity contribution is 6.13. The van der Waals surface area contributed by atoms with E-state index in [9.17, 15) is 0 Å². The minimum absolute atomic E-state index is 0.550. The fourth-order valence-corrected chi connectivity index (χ4v) is 5.03. The van der Waals surface area contributed by atoms with Gasteiger partial charge in [0.15, 0.2) is 0 Å². The smallest absolute Gasteiger partial charge is 0.111 e. The number of piperidine rings is 1. The first-order valence-electron chi connectivity index (χ1n) is 11.0. The SMILES string of the molecule is C[C@H]1CC(N(C)C2=NC3=C(C2)N=C(c2ncc(-c4cn[nH]c4)c4cc[nH]c24)C3)CCN1. The molecule has 31 heavy (non-hydrogen) atoms. The zero-order chi connectivity index (χ0) is 20.9. The van der Waals surface area contributed by atoms with Crippen LogP contribution in [0.1, 0.15) is 38.3 Å². The molecule has 3 aromatic rings. The van der Waals surface area contributed by atoms with Crippen LogP contribution in [-0.4, -0.2) is 62.3 Å². The number of nitrogens with one attached hydrogen (secondary N) is 3.